The van der Waals surface area contributed by atoms with Crippen LogP contribution in [0.1, 0.15) is 39.3 Å². The molecule has 1 heteroatoms. The fourth-order valence-corrected chi connectivity index (χ4v) is 4.53. The first-order valence-electron chi connectivity index (χ1n) is 10.8. The first kappa shape index (κ1) is 19.4. The van der Waals surface area contributed by atoms with Crippen LogP contribution < -0.4 is 0 Å². The standard InChI is InChI=1S/C30H26O/c1-22-13-17-26(18-14-22)30(27-19-15-23(2)16-20-27)28(24-9-5-3-6-10-24)21-29(31-30)25-11-7-4-8-12-25/h3-21,28H,1-2H3. The van der Waals surface area contributed by atoms with E-state index in [1.165, 1.54) is 16.7 Å². The normalized spacial score (nSPS) is 17.1. The van der Waals surface area contributed by atoms with E-state index in [0.29, 0.717) is 0 Å². The van der Waals surface area contributed by atoms with Crippen molar-refractivity contribution in [3.8, 4) is 0 Å². The molecule has 1 heterocycles. The second-order valence-corrected chi connectivity index (χ2v) is 8.36. The zero-order valence-corrected chi connectivity index (χ0v) is 18.0. The molecule has 0 amide bonds. The molecule has 152 valence electrons. The summed E-state index contributed by atoms with van der Waals surface area (Å²) in [5.41, 5.74) is 6.53. The van der Waals surface area contributed by atoms with Gasteiger partial charge in [-0.2, -0.15) is 0 Å². The van der Waals surface area contributed by atoms with E-state index in [2.05, 4.69) is 123 Å². The van der Waals surface area contributed by atoms with Crippen LogP contribution in [0, 0.1) is 13.8 Å². The number of rotatable bonds is 4. The Kier molecular flexibility index (Phi) is 4.95. The lowest BCUT2D eigenvalue weighted by Gasteiger charge is -2.37. The summed E-state index contributed by atoms with van der Waals surface area (Å²) in [5.74, 6) is 0.977. The number of benzene rings is 4. The molecule has 0 spiro atoms. The van der Waals surface area contributed by atoms with Gasteiger partial charge < -0.3 is 4.74 Å². The van der Waals surface area contributed by atoms with Gasteiger partial charge in [0, 0.05) is 16.7 Å². The van der Waals surface area contributed by atoms with Crippen LogP contribution in [-0.4, -0.2) is 0 Å². The fourth-order valence-electron chi connectivity index (χ4n) is 4.53. The minimum atomic E-state index is -0.631. The predicted octanol–water partition coefficient (Wildman–Crippen LogP) is 7.40. The topological polar surface area (TPSA) is 9.23 Å². The average molecular weight is 403 g/mol. The van der Waals surface area contributed by atoms with Gasteiger partial charge in [0.2, 0.25) is 0 Å². The van der Waals surface area contributed by atoms with E-state index in [4.69, 9.17) is 4.74 Å². The Bertz CT molecular complexity index is 1140. The van der Waals surface area contributed by atoms with Gasteiger partial charge in [-0.1, -0.05) is 120 Å². The van der Waals surface area contributed by atoms with Gasteiger partial charge in [-0.15, -0.1) is 0 Å². The SMILES string of the molecule is Cc1ccc(C2(c3ccc(C)cc3)OC(c3ccccc3)=CC2c2ccccc2)cc1. The quantitative estimate of drug-likeness (QED) is 0.345. The highest BCUT2D eigenvalue weighted by Crippen LogP contribution is 2.54. The summed E-state index contributed by atoms with van der Waals surface area (Å²) in [7, 11) is 0. The van der Waals surface area contributed by atoms with Crippen LogP contribution in [0.5, 0.6) is 0 Å². The van der Waals surface area contributed by atoms with Crippen LogP contribution in [0.2, 0.25) is 0 Å². The molecule has 1 nitrogen and oxygen atoms in total. The fraction of sp³-hybridized carbons (Fsp3) is 0.133. The van der Waals surface area contributed by atoms with Crippen LogP contribution in [0.4, 0.5) is 0 Å². The lowest BCUT2D eigenvalue weighted by molar-refractivity contribution is 0.0845. The summed E-state index contributed by atoms with van der Waals surface area (Å²) >= 11 is 0. The van der Waals surface area contributed by atoms with E-state index >= 15 is 0 Å². The first-order chi connectivity index (χ1) is 15.2. The molecule has 0 aliphatic carbocycles. The van der Waals surface area contributed by atoms with Crippen molar-refractivity contribution >= 4 is 5.76 Å². The molecule has 1 aliphatic heterocycles. The van der Waals surface area contributed by atoms with Gasteiger partial charge in [0.15, 0.2) is 5.60 Å². The highest BCUT2D eigenvalue weighted by atomic mass is 16.5. The average Bonchev–Trinajstić information content (AvgIpc) is 3.23. The maximum Gasteiger partial charge on any atom is 0.169 e. The highest BCUT2D eigenvalue weighted by molar-refractivity contribution is 5.67. The Labute approximate surface area is 184 Å². The Morgan fingerprint density at radius 3 is 1.58 bits per heavy atom. The zero-order valence-electron chi connectivity index (χ0n) is 18.0. The van der Waals surface area contributed by atoms with Crippen LogP contribution >= 0.6 is 0 Å². The molecule has 0 fully saturated rings. The molecule has 4 aromatic carbocycles. The largest absolute Gasteiger partial charge is 0.477 e. The molecule has 4 aromatic rings. The maximum absolute atomic E-state index is 7.02. The third kappa shape index (κ3) is 3.47. The molecule has 0 N–H and O–H groups in total. The predicted molar refractivity (Wildman–Crippen MR) is 128 cm³/mol. The van der Waals surface area contributed by atoms with Crippen molar-refractivity contribution in [1.82, 2.24) is 0 Å². The van der Waals surface area contributed by atoms with Crippen molar-refractivity contribution in [1.29, 1.82) is 0 Å². The van der Waals surface area contributed by atoms with E-state index in [0.717, 1.165) is 22.4 Å². The summed E-state index contributed by atoms with van der Waals surface area (Å²) in [5, 5.41) is 0. The second-order valence-electron chi connectivity index (χ2n) is 8.36. The molecule has 0 bridgehead atoms. The smallest absolute Gasteiger partial charge is 0.169 e. The molecule has 1 atom stereocenters. The summed E-state index contributed by atoms with van der Waals surface area (Å²) in [6, 6.07) is 38.7. The molecule has 0 saturated heterocycles. The molecule has 5 rings (SSSR count). The third-order valence-electron chi connectivity index (χ3n) is 6.20. The van der Waals surface area contributed by atoms with E-state index in [1.54, 1.807) is 0 Å². The summed E-state index contributed by atoms with van der Waals surface area (Å²) in [6.45, 7) is 4.25. The summed E-state index contributed by atoms with van der Waals surface area (Å²) in [6.07, 6.45) is 2.30. The van der Waals surface area contributed by atoms with Crippen LogP contribution in [0.3, 0.4) is 0 Å². The van der Waals surface area contributed by atoms with E-state index in [1.807, 2.05) is 6.07 Å². The Morgan fingerprint density at radius 1 is 0.581 bits per heavy atom. The Balaban J connectivity index is 1.76. The monoisotopic (exact) mass is 402 g/mol. The molecule has 0 radical (unpaired) electrons. The lowest BCUT2D eigenvalue weighted by atomic mass is 9.73. The molecular formula is C30H26O. The van der Waals surface area contributed by atoms with Crippen LogP contribution in [-0.2, 0) is 10.3 Å². The number of hydrogen-bond donors (Lipinski definition) is 0. The van der Waals surface area contributed by atoms with Crippen LogP contribution in [0.25, 0.3) is 5.76 Å². The highest BCUT2D eigenvalue weighted by Gasteiger charge is 2.49. The second kappa shape index (κ2) is 7.92. The Hall–Kier alpha value is -3.58. The molecule has 0 aromatic heterocycles. The van der Waals surface area contributed by atoms with Crippen molar-refractivity contribution in [2.24, 2.45) is 0 Å². The lowest BCUT2D eigenvalue weighted by Crippen LogP contribution is -2.33. The van der Waals surface area contributed by atoms with Gasteiger partial charge >= 0.3 is 0 Å². The summed E-state index contributed by atoms with van der Waals surface area (Å²) in [4.78, 5) is 0. The minimum Gasteiger partial charge on any atom is -0.477 e. The Morgan fingerprint density at radius 2 is 1.06 bits per heavy atom. The molecule has 31 heavy (non-hydrogen) atoms. The number of ether oxygens (including phenoxy) is 1. The van der Waals surface area contributed by atoms with Gasteiger partial charge in [0.05, 0.1) is 5.92 Å². The van der Waals surface area contributed by atoms with Crippen molar-refractivity contribution < 1.29 is 4.74 Å². The van der Waals surface area contributed by atoms with Crippen molar-refractivity contribution in [3.63, 3.8) is 0 Å². The molecule has 0 saturated carbocycles. The summed E-state index contributed by atoms with van der Waals surface area (Å²) < 4.78 is 7.02. The van der Waals surface area contributed by atoms with E-state index in [-0.39, 0.29) is 5.92 Å². The maximum atomic E-state index is 7.02. The van der Waals surface area contributed by atoms with Crippen molar-refractivity contribution in [2.45, 2.75) is 25.4 Å². The van der Waals surface area contributed by atoms with Gasteiger partial charge in [-0.3, -0.25) is 0 Å². The number of hydrogen-bond acceptors (Lipinski definition) is 1. The van der Waals surface area contributed by atoms with Crippen LogP contribution in [0.15, 0.2) is 115 Å². The van der Waals surface area contributed by atoms with Crippen molar-refractivity contribution in [3.05, 3.63) is 149 Å². The number of aryl methyl sites for hydroxylation is 2. The van der Waals surface area contributed by atoms with Gasteiger partial charge in [0.1, 0.15) is 5.76 Å². The molecular weight excluding hydrogens is 376 g/mol. The van der Waals surface area contributed by atoms with E-state index < -0.39 is 5.60 Å². The van der Waals surface area contributed by atoms with Gasteiger partial charge in [0.25, 0.3) is 0 Å². The zero-order chi connectivity index (χ0) is 21.3. The first-order valence-corrected chi connectivity index (χ1v) is 10.8. The van der Waals surface area contributed by atoms with E-state index in [9.17, 15) is 0 Å². The molecule has 1 unspecified atom stereocenters. The molecule has 1 aliphatic rings. The third-order valence-corrected chi connectivity index (χ3v) is 6.20. The minimum absolute atomic E-state index is 0.0503. The van der Waals surface area contributed by atoms with Crippen molar-refractivity contribution in [2.75, 3.05) is 0 Å². The van der Waals surface area contributed by atoms with Gasteiger partial charge in [-0.25, -0.2) is 0 Å². The van der Waals surface area contributed by atoms with Gasteiger partial charge in [-0.05, 0) is 25.5 Å².